The second-order valence-electron chi connectivity index (χ2n) is 7.27. The third kappa shape index (κ3) is 3.31. The minimum absolute atomic E-state index is 0.0522. The van der Waals surface area contributed by atoms with E-state index in [1.807, 2.05) is 4.90 Å². The number of alkyl halides is 3. The fourth-order valence-electron chi connectivity index (χ4n) is 4.20. The molecule has 4 heterocycles. The van der Waals surface area contributed by atoms with Crippen molar-refractivity contribution in [3.05, 3.63) is 16.4 Å². The highest BCUT2D eigenvalue weighted by Gasteiger charge is 2.47. The van der Waals surface area contributed by atoms with E-state index in [1.165, 1.54) is 17.7 Å². The number of hydrogen-bond acceptors (Lipinski definition) is 7. The van der Waals surface area contributed by atoms with E-state index in [4.69, 9.17) is 4.74 Å². The number of hydrogen-bond donors (Lipinski definition) is 0. The summed E-state index contributed by atoms with van der Waals surface area (Å²) in [5.41, 5.74) is -0.396. The van der Waals surface area contributed by atoms with Crippen LogP contribution in [0.25, 0.3) is 0 Å². The minimum Gasteiger partial charge on any atom is -0.469 e. The number of carbonyl (C=O) groups is 1. The van der Waals surface area contributed by atoms with Crippen molar-refractivity contribution in [2.24, 2.45) is 0 Å². The van der Waals surface area contributed by atoms with Crippen molar-refractivity contribution in [2.75, 3.05) is 36.6 Å². The van der Waals surface area contributed by atoms with E-state index >= 15 is 0 Å². The number of carbonyl (C=O) groups excluding carboxylic acids is 1. The molecule has 3 aliphatic heterocycles. The molecule has 1 aromatic rings. The Morgan fingerprint density at radius 3 is 2.82 bits per heavy atom. The van der Waals surface area contributed by atoms with Gasteiger partial charge in [-0.1, -0.05) is 0 Å². The van der Waals surface area contributed by atoms with E-state index in [-0.39, 0.29) is 44.0 Å². The van der Waals surface area contributed by atoms with E-state index < -0.39 is 23.7 Å². The second kappa shape index (κ2) is 6.94. The molecule has 3 unspecified atom stereocenters. The van der Waals surface area contributed by atoms with Gasteiger partial charge in [0, 0.05) is 25.7 Å². The molecule has 2 saturated heterocycles. The molecule has 0 radical (unpaired) electrons. The van der Waals surface area contributed by atoms with Crippen LogP contribution in [0.1, 0.15) is 19.3 Å². The maximum atomic E-state index is 13.6. The fourth-order valence-corrected chi connectivity index (χ4v) is 4.20. The first-order valence-corrected chi connectivity index (χ1v) is 9.18. The molecular formula is C17H21F3N4O4. The molecule has 154 valence electrons. The number of nitrogens with zero attached hydrogens (tertiary/aromatic N) is 4. The van der Waals surface area contributed by atoms with Gasteiger partial charge in [-0.05, 0) is 12.8 Å². The first-order chi connectivity index (χ1) is 13.3. The Morgan fingerprint density at radius 2 is 2.21 bits per heavy atom. The lowest BCUT2D eigenvalue weighted by Gasteiger charge is -2.39. The summed E-state index contributed by atoms with van der Waals surface area (Å²) >= 11 is 0. The van der Waals surface area contributed by atoms with Gasteiger partial charge in [-0.3, -0.25) is 14.2 Å². The van der Waals surface area contributed by atoms with Crippen molar-refractivity contribution in [2.45, 2.75) is 50.2 Å². The molecule has 2 bridgehead atoms. The lowest BCUT2D eigenvalue weighted by atomic mass is 10.1. The molecule has 4 rings (SSSR count). The summed E-state index contributed by atoms with van der Waals surface area (Å²) in [6.45, 7) is 0.769. The summed E-state index contributed by atoms with van der Waals surface area (Å²) in [5.74, 6) is -0.313. The van der Waals surface area contributed by atoms with Crippen molar-refractivity contribution < 1.29 is 27.4 Å². The Labute approximate surface area is 158 Å². The van der Waals surface area contributed by atoms with Gasteiger partial charge in [0.1, 0.15) is 11.9 Å². The number of methoxy groups -OCH3 is 1. The molecule has 0 saturated carbocycles. The van der Waals surface area contributed by atoms with Crippen LogP contribution in [0.4, 0.5) is 24.9 Å². The number of ether oxygens (including phenoxy) is 2. The molecule has 2 fully saturated rings. The standard InChI is InChI=1S/C17H21F3N4O4/c1-27-15(26)3-5-22-12(17(18,19)20)2-4-23-14(25)7-13(21-16(22)23)24-8-11-6-10(24)9-28-11/h7,10-12H,2-6,8-9H2,1H3. The molecule has 3 atom stereocenters. The van der Waals surface area contributed by atoms with Crippen molar-refractivity contribution in [3.63, 3.8) is 0 Å². The van der Waals surface area contributed by atoms with E-state index in [9.17, 15) is 22.8 Å². The largest absolute Gasteiger partial charge is 0.469 e. The molecule has 0 spiro atoms. The van der Waals surface area contributed by atoms with Crippen molar-refractivity contribution in [3.8, 4) is 0 Å². The topological polar surface area (TPSA) is 76.9 Å². The molecule has 28 heavy (non-hydrogen) atoms. The third-order valence-corrected chi connectivity index (χ3v) is 5.59. The van der Waals surface area contributed by atoms with Gasteiger partial charge in [-0.2, -0.15) is 18.2 Å². The number of halogens is 3. The molecule has 0 N–H and O–H groups in total. The van der Waals surface area contributed by atoms with Gasteiger partial charge < -0.3 is 19.3 Å². The van der Waals surface area contributed by atoms with E-state index in [2.05, 4.69) is 9.72 Å². The van der Waals surface area contributed by atoms with Crippen molar-refractivity contribution in [1.82, 2.24) is 9.55 Å². The number of morpholine rings is 1. The Bertz CT molecular complexity index is 828. The Hall–Kier alpha value is -2.30. The van der Waals surface area contributed by atoms with Gasteiger partial charge in [-0.25, -0.2) is 0 Å². The normalized spacial score (nSPS) is 26.5. The molecule has 8 nitrogen and oxygen atoms in total. The summed E-state index contributed by atoms with van der Waals surface area (Å²) in [7, 11) is 1.18. The lowest BCUT2D eigenvalue weighted by Crippen LogP contribution is -2.53. The van der Waals surface area contributed by atoms with Gasteiger partial charge in [0.05, 0.1) is 32.3 Å². The fraction of sp³-hybridized carbons (Fsp3) is 0.706. The minimum atomic E-state index is -4.50. The van der Waals surface area contributed by atoms with E-state index in [1.54, 1.807) is 0 Å². The summed E-state index contributed by atoms with van der Waals surface area (Å²) in [6.07, 6.45) is -4.14. The van der Waals surface area contributed by atoms with Crippen LogP contribution in [0.3, 0.4) is 0 Å². The Balaban J connectivity index is 1.71. The van der Waals surface area contributed by atoms with Crippen LogP contribution < -0.4 is 15.4 Å². The third-order valence-electron chi connectivity index (χ3n) is 5.59. The Kier molecular flexibility index (Phi) is 4.72. The van der Waals surface area contributed by atoms with Gasteiger partial charge in [0.2, 0.25) is 5.95 Å². The number of rotatable bonds is 4. The molecule has 0 aliphatic carbocycles. The van der Waals surface area contributed by atoms with E-state index in [0.29, 0.717) is 19.0 Å². The monoisotopic (exact) mass is 402 g/mol. The second-order valence-corrected chi connectivity index (χ2v) is 7.27. The predicted molar refractivity (Wildman–Crippen MR) is 92.4 cm³/mol. The lowest BCUT2D eigenvalue weighted by molar-refractivity contribution is -0.154. The predicted octanol–water partition coefficient (Wildman–Crippen LogP) is 0.925. The number of aromatic nitrogens is 2. The maximum absolute atomic E-state index is 13.6. The zero-order chi connectivity index (χ0) is 20.1. The number of anilines is 2. The van der Waals surface area contributed by atoms with Gasteiger partial charge in [-0.15, -0.1) is 0 Å². The number of fused-ring (bicyclic) bond motifs is 3. The summed E-state index contributed by atoms with van der Waals surface area (Å²) in [4.78, 5) is 31.5. The van der Waals surface area contributed by atoms with Gasteiger partial charge >= 0.3 is 12.1 Å². The quantitative estimate of drug-likeness (QED) is 0.694. The Morgan fingerprint density at radius 1 is 1.43 bits per heavy atom. The van der Waals surface area contributed by atoms with Crippen molar-refractivity contribution in [1.29, 1.82) is 0 Å². The molecule has 11 heteroatoms. The van der Waals surface area contributed by atoms with Crippen LogP contribution >= 0.6 is 0 Å². The molecular weight excluding hydrogens is 381 g/mol. The first kappa shape index (κ1) is 19.0. The van der Waals surface area contributed by atoms with Crippen molar-refractivity contribution >= 4 is 17.7 Å². The van der Waals surface area contributed by atoms with Crippen LogP contribution in [-0.4, -0.2) is 66.7 Å². The molecule has 1 aromatic heterocycles. The molecule has 0 amide bonds. The zero-order valence-corrected chi connectivity index (χ0v) is 15.3. The highest BCUT2D eigenvalue weighted by atomic mass is 19.4. The van der Waals surface area contributed by atoms with Crippen LogP contribution in [0.2, 0.25) is 0 Å². The van der Waals surface area contributed by atoms with Gasteiger partial charge in [0.25, 0.3) is 5.56 Å². The van der Waals surface area contributed by atoms with E-state index in [0.717, 1.165) is 11.3 Å². The smallest absolute Gasteiger partial charge is 0.408 e. The highest BCUT2D eigenvalue weighted by molar-refractivity contribution is 5.70. The SMILES string of the molecule is COC(=O)CCN1c2nc(N3CC4CC3CO4)cc(=O)n2CCC1C(F)(F)F. The van der Waals surface area contributed by atoms with Crippen LogP contribution in [-0.2, 0) is 20.8 Å². The van der Waals surface area contributed by atoms with Crippen LogP contribution in [0.15, 0.2) is 10.9 Å². The maximum Gasteiger partial charge on any atom is 0.408 e. The average molecular weight is 402 g/mol. The summed E-state index contributed by atoms with van der Waals surface area (Å²) < 4.78 is 52.2. The summed E-state index contributed by atoms with van der Waals surface area (Å²) in [5, 5.41) is 0. The van der Waals surface area contributed by atoms with Gasteiger partial charge in [0.15, 0.2) is 0 Å². The summed E-state index contributed by atoms with van der Waals surface area (Å²) in [6, 6.07) is -0.362. The molecule has 3 aliphatic rings. The zero-order valence-electron chi connectivity index (χ0n) is 15.3. The van der Waals surface area contributed by atoms with Crippen LogP contribution in [0, 0.1) is 0 Å². The average Bonchev–Trinajstić information content (AvgIpc) is 3.28. The first-order valence-electron chi connectivity index (χ1n) is 9.18. The highest BCUT2D eigenvalue weighted by Crippen LogP contribution is 2.36. The number of esters is 1. The molecule has 0 aromatic carbocycles. The van der Waals surface area contributed by atoms with Crippen LogP contribution in [0.5, 0.6) is 0 Å².